The lowest BCUT2D eigenvalue weighted by molar-refractivity contribution is -0.135. The number of carbonyl (C=O) groups is 2. The molecule has 1 unspecified atom stereocenters. The maximum absolute atomic E-state index is 12.9. The number of imidazole rings is 1. The molecule has 1 atom stereocenters. The van der Waals surface area contributed by atoms with Crippen LogP contribution in [0.1, 0.15) is 37.3 Å². The number of nitrogens with zero attached hydrogens (tertiary/aromatic N) is 2. The number of aromatic nitrogens is 2. The number of hydrogen-bond acceptors (Lipinski definition) is 4. The summed E-state index contributed by atoms with van der Waals surface area (Å²) in [4.78, 5) is 36.7. The summed E-state index contributed by atoms with van der Waals surface area (Å²) in [6.45, 7) is 2.08. The standard InChI is InChI=1S/C19H24N4O3/c1-22-17-13(11-12-7-9-20-10-8-12)3-2-4-14(17)23(19(22)26)15-5-6-16(24)21-18(15)25/h2-4,12,15,20H,5-11H2,1H3,(H,21,24,25). The molecule has 2 aromatic rings. The van der Waals surface area contributed by atoms with Gasteiger partial charge in [0.15, 0.2) is 0 Å². The second-order valence-corrected chi connectivity index (χ2v) is 7.36. The summed E-state index contributed by atoms with van der Waals surface area (Å²) in [6.07, 6.45) is 3.83. The summed E-state index contributed by atoms with van der Waals surface area (Å²) in [6, 6.07) is 5.31. The first-order valence-electron chi connectivity index (χ1n) is 9.29. The Morgan fingerprint density at radius 3 is 2.62 bits per heavy atom. The van der Waals surface area contributed by atoms with E-state index in [-0.39, 0.29) is 23.9 Å². The fourth-order valence-electron chi connectivity index (χ4n) is 4.31. The molecular weight excluding hydrogens is 332 g/mol. The van der Waals surface area contributed by atoms with Gasteiger partial charge in [0, 0.05) is 13.5 Å². The van der Waals surface area contributed by atoms with Crippen LogP contribution < -0.4 is 16.3 Å². The molecule has 1 aromatic heterocycles. The molecule has 3 heterocycles. The first-order chi connectivity index (χ1) is 12.6. The second-order valence-electron chi connectivity index (χ2n) is 7.36. The van der Waals surface area contributed by atoms with Gasteiger partial charge in [-0.2, -0.15) is 0 Å². The monoisotopic (exact) mass is 356 g/mol. The first-order valence-corrected chi connectivity index (χ1v) is 9.29. The van der Waals surface area contributed by atoms with E-state index in [1.807, 2.05) is 12.1 Å². The van der Waals surface area contributed by atoms with Crippen molar-refractivity contribution in [3.05, 3.63) is 34.2 Å². The van der Waals surface area contributed by atoms with Gasteiger partial charge in [0.25, 0.3) is 0 Å². The third kappa shape index (κ3) is 2.86. The number of rotatable bonds is 3. The number of fused-ring (bicyclic) bond motifs is 1. The van der Waals surface area contributed by atoms with Gasteiger partial charge in [-0.3, -0.25) is 24.0 Å². The molecule has 2 fully saturated rings. The van der Waals surface area contributed by atoms with Crippen molar-refractivity contribution in [2.75, 3.05) is 13.1 Å². The molecule has 4 rings (SSSR count). The lowest BCUT2D eigenvalue weighted by Crippen LogP contribution is -2.44. The van der Waals surface area contributed by atoms with Gasteiger partial charge in [-0.15, -0.1) is 0 Å². The summed E-state index contributed by atoms with van der Waals surface area (Å²) >= 11 is 0. The Labute approximate surface area is 151 Å². The zero-order valence-electron chi connectivity index (χ0n) is 15.0. The summed E-state index contributed by atoms with van der Waals surface area (Å²) in [5.74, 6) is -0.0540. The Hall–Kier alpha value is -2.41. The molecule has 0 aliphatic carbocycles. The number of piperidine rings is 2. The van der Waals surface area contributed by atoms with Gasteiger partial charge in [0.1, 0.15) is 6.04 Å². The minimum absolute atomic E-state index is 0.202. The van der Waals surface area contributed by atoms with Gasteiger partial charge in [0.2, 0.25) is 11.8 Å². The van der Waals surface area contributed by atoms with Gasteiger partial charge in [-0.05, 0) is 56.3 Å². The van der Waals surface area contributed by atoms with Crippen molar-refractivity contribution >= 4 is 22.8 Å². The van der Waals surface area contributed by atoms with E-state index in [0.717, 1.165) is 48.9 Å². The van der Waals surface area contributed by atoms with E-state index >= 15 is 0 Å². The minimum atomic E-state index is -0.627. The number of imide groups is 1. The SMILES string of the molecule is Cn1c(=O)n(C2CCC(=O)NC2=O)c2cccc(CC3CCNCC3)c21. The Bertz CT molecular complexity index is 921. The molecule has 7 nitrogen and oxygen atoms in total. The van der Waals surface area contributed by atoms with Crippen LogP contribution in [0.3, 0.4) is 0 Å². The largest absolute Gasteiger partial charge is 0.329 e. The van der Waals surface area contributed by atoms with Gasteiger partial charge < -0.3 is 5.32 Å². The van der Waals surface area contributed by atoms with Gasteiger partial charge in [-0.1, -0.05) is 12.1 Å². The number of aryl methyl sites for hydroxylation is 1. The van der Waals surface area contributed by atoms with Crippen LogP contribution >= 0.6 is 0 Å². The van der Waals surface area contributed by atoms with E-state index in [4.69, 9.17) is 0 Å². The Morgan fingerprint density at radius 1 is 1.12 bits per heavy atom. The van der Waals surface area contributed by atoms with Crippen LogP contribution in [0.15, 0.2) is 23.0 Å². The molecule has 0 radical (unpaired) electrons. The van der Waals surface area contributed by atoms with Crippen LogP contribution in [-0.2, 0) is 23.1 Å². The van der Waals surface area contributed by atoms with Gasteiger partial charge in [-0.25, -0.2) is 4.79 Å². The highest BCUT2D eigenvalue weighted by Crippen LogP contribution is 2.27. The highest BCUT2D eigenvalue weighted by molar-refractivity contribution is 6.00. The van der Waals surface area contributed by atoms with Crippen molar-refractivity contribution in [3.8, 4) is 0 Å². The zero-order chi connectivity index (χ0) is 18.3. The maximum atomic E-state index is 12.9. The fraction of sp³-hybridized carbons (Fsp3) is 0.526. The van der Waals surface area contributed by atoms with E-state index in [9.17, 15) is 14.4 Å². The quantitative estimate of drug-likeness (QED) is 0.799. The third-order valence-electron chi connectivity index (χ3n) is 5.68. The molecule has 2 aliphatic heterocycles. The van der Waals surface area contributed by atoms with Crippen LogP contribution in [0.2, 0.25) is 0 Å². The zero-order valence-corrected chi connectivity index (χ0v) is 15.0. The van der Waals surface area contributed by atoms with E-state index in [1.54, 1.807) is 16.2 Å². The molecular formula is C19H24N4O3. The number of para-hydroxylation sites is 1. The third-order valence-corrected chi connectivity index (χ3v) is 5.68. The van der Waals surface area contributed by atoms with Crippen LogP contribution in [-0.4, -0.2) is 34.0 Å². The summed E-state index contributed by atoms with van der Waals surface area (Å²) < 4.78 is 3.21. The minimum Gasteiger partial charge on any atom is -0.317 e. The predicted molar refractivity (Wildman–Crippen MR) is 97.9 cm³/mol. The molecule has 0 saturated carbocycles. The Balaban J connectivity index is 1.77. The smallest absolute Gasteiger partial charge is 0.317 e. The molecule has 2 amide bonds. The molecule has 2 saturated heterocycles. The first kappa shape index (κ1) is 17.0. The topological polar surface area (TPSA) is 85.1 Å². The van der Waals surface area contributed by atoms with Crippen molar-refractivity contribution in [2.45, 2.75) is 38.1 Å². The molecule has 1 aromatic carbocycles. The van der Waals surface area contributed by atoms with Crippen molar-refractivity contribution in [2.24, 2.45) is 13.0 Å². The average Bonchev–Trinajstić information content (AvgIpc) is 2.88. The van der Waals surface area contributed by atoms with Gasteiger partial charge >= 0.3 is 5.69 Å². The molecule has 26 heavy (non-hydrogen) atoms. The summed E-state index contributed by atoms with van der Waals surface area (Å²) in [7, 11) is 1.76. The van der Waals surface area contributed by atoms with Crippen LogP contribution in [0.5, 0.6) is 0 Å². The van der Waals surface area contributed by atoms with Crippen molar-refractivity contribution in [1.82, 2.24) is 19.8 Å². The number of amides is 2. The fourth-order valence-corrected chi connectivity index (χ4v) is 4.31. The molecule has 2 aliphatic rings. The van der Waals surface area contributed by atoms with Gasteiger partial charge in [0.05, 0.1) is 11.0 Å². The molecule has 0 bridgehead atoms. The lowest BCUT2D eigenvalue weighted by atomic mass is 9.90. The van der Waals surface area contributed by atoms with Crippen LogP contribution in [0, 0.1) is 5.92 Å². The molecule has 0 spiro atoms. The second kappa shape index (κ2) is 6.72. The van der Waals surface area contributed by atoms with Crippen molar-refractivity contribution < 1.29 is 9.59 Å². The van der Waals surface area contributed by atoms with E-state index in [2.05, 4.69) is 16.7 Å². The van der Waals surface area contributed by atoms with E-state index < -0.39 is 6.04 Å². The average molecular weight is 356 g/mol. The van der Waals surface area contributed by atoms with Crippen molar-refractivity contribution in [3.63, 3.8) is 0 Å². The van der Waals surface area contributed by atoms with Crippen LogP contribution in [0.4, 0.5) is 0 Å². The maximum Gasteiger partial charge on any atom is 0.329 e. The number of nitrogens with one attached hydrogen (secondary N) is 2. The number of benzene rings is 1. The molecule has 2 N–H and O–H groups in total. The molecule has 7 heteroatoms. The number of hydrogen-bond donors (Lipinski definition) is 2. The predicted octanol–water partition coefficient (Wildman–Crippen LogP) is 0.860. The highest BCUT2D eigenvalue weighted by atomic mass is 16.2. The molecule has 138 valence electrons. The highest BCUT2D eigenvalue weighted by Gasteiger charge is 2.31. The van der Waals surface area contributed by atoms with E-state index in [1.165, 1.54) is 0 Å². The summed E-state index contributed by atoms with van der Waals surface area (Å²) in [5, 5.41) is 5.74. The Morgan fingerprint density at radius 2 is 1.88 bits per heavy atom. The van der Waals surface area contributed by atoms with E-state index in [0.29, 0.717) is 12.3 Å². The van der Waals surface area contributed by atoms with Crippen molar-refractivity contribution in [1.29, 1.82) is 0 Å². The number of carbonyl (C=O) groups excluding carboxylic acids is 2. The lowest BCUT2D eigenvalue weighted by Gasteiger charge is -2.23. The van der Waals surface area contributed by atoms with Crippen LogP contribution in [0.25, 0.3) is 11.0 Å². The summed E-state index contributed by atoms with van der Waals surface area (Å²) in [5.41, 5.74) is 2.63. The normalized spacial score (nSPS) is 22.0. The Kier molecular flexibility index (Phi) is 4.40.